The molecule has 3 heterocycles. The molecule has 5 rings (SSSR count). The average Bonchev–Trinajstić information content (AvgIpc) is 3.61. The van der Waals surface area contributed by atoms with Gasteiger partial charge in [0, 0.05) is 42.7 Å². The van der Waals surface area contributed by atoms with Gasteiger partial charge in [-0.3, -0.25) is 9.59 Å². The van der Waals surface area contributed by atoms with Crippen molar-refractivity contribution in [3.8, 4) is 11.3 Å². The van der Waals surface area contributed by atoms with Crippen molar-refractivity contribution in [2.45, 2.75) is 25.8 Å². The Hall–Kier alpha value is -3.46. The van der Waals surface area contributed by atoms with Crippen LogP contribution in [0, 0.1) is 11.7 Å². The molecule has 10 heteroatoms. The summed E-state index contributed by atoms with van der Waals surface area (Å²) < 4.78 is 16.2. The van der Waals surface area contributed by atoms with Gasteiger partial charge < -0.3 is 14.9 Å². The van der Waals surface area contributed by atoms with E-state index in [2.05, 4.69) is 5.10 Å². The number of carbonyl (C=O) groups is 3. The number of amides is 2. The maximum Gasteiger partial charge on any atom is 0.354 e. The zero-order chi connectivity index (χ0) is 24.1. The fourth-order valence-corrected chi connectivity index (χ4v) is 4.65. The van der Waals surface area contributed by atoms with Crippen molar-refractivity contribution in [2.75, 3.05) is 19.6 Å². The van der Waals surface area contributed by atoms with Crippen LogP contribution in [-0.2, 0) is 4.79 Å². The summed E-state index contributed by atoms with van der Waals surface area (Å²) in [4.78, 5) is 40.4. The van der Waals surface area contributed by atoms with Crippen LogP contribution in [-0.4, -0.2) is 68.0 Å². The zero-order valence-electron chi connectivity index (χ0n) is 18.4. The molecular weight excluding hydrogens is 463 g/mol. The van der Waals surface area contributed by atoms with Crippen LogP contribution < -0.4 is 0 Å². The van der Waals surface area contributed by atoms with E-state index in [9.17, 15) is 19.5 Å². The third-order valence-corrected chi connectivity index (χ3v) is 6.71. The standard InChI is InChI=1S/C24H22ClFN4O4/c1-13-12-28(22(31)14-2-3-14)8-9-29(13)23(32)15-4-5-16(18(26)10-15)19-6-7-20-17(25)11-21(24(33)34)30(20)27-19/h4-7,10-11,13-14H,2-3,8-9,12H2,1H3,(H,33,34). The molecule has 1 aliphatic carbocycles. The topological polar surface area (TPSA) is 95.2 Å². The highest BCUT2D eigenvalue weighted by atomic mass is 35.5. The van der Waals surface area contributed by atoms with Crippen molar-refractivity contribution < 1.29 is 23.9 Å². The molecule has 1 aliphatic heterocycles. The monoisotopic (exact) mass is 484 g/mol. The van der Waals surface area contributed by atoms with Gasteiger partial charge >= 0.3 is 5.97 Å². The lowest BCUT2D eigenvalue weighted by Crippen LogP contribution is -2.55. The Morgan fingerprint density at radius 1 is 1.12 bits per heavy atom. The minimum atomic E-state index is -1.21. The molecule has 2 fully saturated rings. The highest BCUT2D eigenvalue weighted by Gasteiger charge is 2.37. The quantitative estimate of drug-likeness (QED) is 0.610. The lowest BCUT2D eigenvalue weighted by Gasteiger charge is -2.40. The molecule has 0 radical (unpaired) electrons. The van der Waals surface area contributed by atoms with Crippen LogP contribution in [0.4, 0.5) is 4.39 Å². The summed E-state index contributed by atoms with van der Waals surface area (Å²) in [5.41, 5.74) is 0.795. The summed E-state index contributed by atoms with van der Waals surface area (Å²) in [6.07, 6.45) is 1.88. The van der Waals surface area contributed by atoms with Crippen molar-refractivity contribution in [1.29, 1.82) is 0 Å². The predicted octanol–water partition coefficient (Wildman–Crippen LogP) is 3.57. The van der Waals surface area contributed by atoms with Crippen LogP contribution >= 0.6 is 11.6 Å². The summed E-state index contributed by atoms with van der Waals surface area (Å²) in [5, 5.41) is 13.8. The molecule has 2 aliphatic rings. The van der Waals surface area contributed by atoms with E-state index >= 15 is 4.39 Å². The molecule has 1 atom stereocenters. The van der Waals surface area contributed by atoms with E-state index in [0.29, 0.717) is 25.2 Å². The van der Waals surface area contributed by atoms with Crippen molar-refractivity contribution in [1.82, 2.24) is 19.4 Å². The van der Waals surface area contributed by atoms with Crippen LogP contribution in [0.5, 0.6) is 0 Å². The largest absolute Gasteiger partial charge is 0.477 e. The van der Waals surface area contributed by atoms with Crippen LogP contribution in [0.3, 0.4) is 0 Å². The highest BCUT2D eigenvalue weighted by Crippen LogP contribution is 2.32. The van der Waals surface area contributed by atoms with Crippen LogP contribution in [0.25, 0.3) is 16.8 Å². The van der Waals surface area contributed by atoms with Gasteiger partial charge in [0.1, 0.15) is 5.82 Å². The Labute approximate surface area is 199 Å². The van der Waals surface area contributed by atoms with E-state index in [1.54, 1.807) is 17.0 Å². The van der Waals surface area contributed by atoms with Gasteiger partial charge in [-0.1, -0.05) is 11.6 Å². The van der Waals surface area contributed by atoms with E-state index in [4.69, 9.17) is 11.6 Å². The third kappa shape index (κ3) is 3.90. The van der Waals surface area contributed by atoms with E-state index in [-0.39, 0.29) is 51.3 Å². The van der Waals surface area contributed by atoms with Crippen LogP contribution in [0.1, 0.15) is 40.6 Å². The summed E-state index contributed by atoms with van der Waals surface area (Å²) in [6, 6.07) is 8.38. The molecule has 1 N–H and O–H groups in total. The first-order chi connectivity index (χ1) is 16.2. The number of hydrogen-bond donors (Lipinski definition) is 1. The number of piperazine rings is 1. The molecule has 0 bridgehead atoms. The highest BCUT2D eigenvalue weighted by molar-refractivity contribution is 6.34. The van der Waals surface area contributed by atoms with Gasteiger partial charge in [0.2, 0.25) is 5.91 Å². The Bertz CT molecular complexity index is 1340. The summed E-state index contributed by atoms with van der Waals surface area (Å²) in [7, 11) is 0. The fraction of sp³-hybridized carbons (Fsp3) is 0.333. The maximum absolute atomic E-state index is 15.1. The van der Waals surface area contributed by atoms with Gasteiger partial charge in [-0.2, -0.15) is 5.10 Å². The third-order valence-electron chi connectivity index (χ3n) is 6.41. The number of halogens is 2. The summed E-state index contributed by atoms with van der Waals surface area (Å²) >= 11 is 6.08. The van der Waals surface area contributed by atoms with E-state index < -0.39 is 11.8 Å². The van der Waals surface area contributed by atoms with E-state index in [1.165, 1.54) is 24.3 Å². The Morgan fingerprint density at radius 3 is 2.53 bits per heavy atom. The molecule has 3 aromatic rings. The van der Waals surface area contributed by atoms with E-state index in [0.717, 1.165) is 17.4 Å². The van der Waals surface area contributed by atoms with Gasteiger partial charge in [0.15, 0.2) is 5.69 Å². The van der Waals surface area contributed by atoms with Crippen molar-refractivity contribution in [2.24, 2.45) is 5.92 Å². The number of aromatic nitrogens is 2. The Balaban J connectivity index is 1.37. The Morgan fingerprint density at radius 2 is 1.88 bits per heavy atom. The molecule has 2 aromatic heterocycles. The predicted molar refractivity (Wildman–Crippen MR) is 122 cm³/mol. The van der Waals surface area contributed by atoms with Gasteiger partial charge in [0.25, 0.3) is 5.91 Å². The van der Waals surface area contributed by atoms with Crippen LogP contribution in [0.2, 0.25) is 5.02 Å². The molecular formula is C24H22ClFN4O4. The molecule has 1 unspecified atom stereocenters. The minimum Gasteiger partial charge on any atom is -0.477 e. The van der Waals surface area contributed by atoms with Gasteiger partial charge in [-0.05, 0) is 56.2 Å². The SMILES string of the molecule is CC1CN(C(=O)C2CC2)CCN1C(=O)c1ccc(-c2ccc3c(Cl)cc(C(=O)O)n3n2)c(F)c1. The first-order valence-corrected chi connectivity index (χ1v) is 11.4. The lowest BCUT2D eigenvalue weighted by molar-refractivity contribution is -0.135. The average molecular weight is 485 g/mol. The second kappa shape index (κ2) is 8.39. The molecule has 1 saturated carbocycles. The van der Waals surface area contributed by atoms with E-state index in [1.807, 2.05) is 11.8 Å². The molecule has 34 heavy (non-hydrogen) atoms. The smallest absolute Gasteiger partial charge is 0.354 e. The molecule has 1 saturated heterocycles. The number of benzene rings is 1. The van der Waals surface area contributed by atoms with Crippen molar-refractivity contribution in [3.05, 3.63) is 58.5 Å². The number of rotatable bonds is 4. The first kappa shape index (κ1) is 22.3. The van der Waals surface area contributed by atoms with Crippen molar-refractivity contribution in [3.63, 3.8) is 0 Å². The first-order valence-electron chi connectivity index (χ1n) is 11.1. The van der Waals surface area contributed by atoms with Crippen molar-refractivity contribution >= 4 is 34.9 Å². The molecule has 8 nitrogen and oxygen atoms in total. The minimum absolute atomic E-state index is 0.132. The molecule has 176 valence electrons. The lowest BCUT2D eigenvalue weighted by atomic mass is 10.1. The summed E-state index contributed by atoms with van der Waals surface area (Å²) in [6.45, 7) is 3.22. The number of fused-ring (bicyclic) bond motifs is 1. The molecule has 0 spiro atoms. The Kier molecular flexibility index (Phi) is 5.51. The number of nitrogens with zero attached hydrogens (tertiary/aromatic N) is 4. The number of carbonyl (C=O) groups excluding carboxylic acids is 2. The normalized spacial score (nSPS) is 18.4. The fourth-order valence-electron chi connectivity index (χ4n) is 4.41. The molecule has 1 aromatic carbocycles. The van der Waals surface area contributed by atoms with Crippen LogP contribution in [0.15, 0.2) is 36.4 Å². The van der Waals surface area contributed by atoms with Gasteiger partial charge in [-0.15, -0.1) is 0 Å². The number of carboxylic acids is 1. The number of carboxylic acid groups (broad SMARTS) is 1. The number of hydrogen-bond acceptors (Lipinski definition) is 4. The zero-order valence-corrected chi connectivity index (χ0v) is 19.1. The second-order valence-electron chi connectivity index (χ2n) is 8.80. The summed E-state index contributed by atoms with van der Waals surface area (Å²) in [5.74, 6) is -1.86. The molecule has 2 amide bonds. The maximum atomic E-state index is 15.1. The van der Waals surface area contributed by atoms with Gasteiger partial charge in [-0.25, -0.2) is 13.7 Å². The second-order valence-corrected chi connectivity index (χ2v) is 9.21. The number of aromatic carboxylic acids is 1. The van der Waals surface area contributed by atoms with Gasteiger partial charge in [0.05, 0.1) is 16.2 Å².